The van der Waals surface area contributed by atoms with Crippen molar-refractivity contribution in [2.45, 2.75) is 6.92 Å². The highest BCUT2D eigenvalue weighted by atomic mass is 32.1. The Morgan fingerprint density at radius 2 is 2.03 bits per heavy atom. The van der Waals surface area contributed by atoms with E-state index in [9.17, 15) is 4.79 Å². The first-order chi connectivity index (χ1) is 15.1. The molecule has 0 spiro atoms. The fraction of sp³-hybridized carbons (Fsp3) is 0.391. The summed E-state index contributed by atoms with van der Waals surface area (Å²) in [6.45, 7) is 6.48. The zero-order chi connectivity index (χ0) is 21.6. The Labute approximate surface area is 186 Å². The first-order valence-corrected chi connectivity index (χ1v) is 11.2. The SMILES string of the molecule is COc1ccc2nc(N(CCN3CCOCC3)C(=O)COc3cccc(C)c3)sc2c1. The summed E-state index contributed by atoms with van der Waals surface area (Å²) in [7, 11) is 1.64. The van der Waals surface area contributed by atoms with Gasteiger partial charge in [-0.2, -0.15) is 0 Å². The number of fused-ring (bicyclic) bond motifs is 1. The second-order valence-corrected chi connectivity index (χ2v) is 8.44. The quantitative estimate of drug-likeness (QED) is 0.534. The Hall–Kier alpha value is -2.68. The zero-order valence-electron chi connectivity index (χ0n) is 17.9. The van der Waals surface area contributed by atoms with Crippen LogP contribution in [0.2, 0.25) is 0 Å². The number of benzene rings is 2. The van der Waals surface area contributed by atoms with Gasteiger partial charge >= 0.3 is 0 Å². The summed E-state index contributed by atoms with van der Waals surface area (Å²) in [5.74, 6) is 1.35. The van der Waals surface area contributed by atoms with E-state index in [0.29, 0.717) is 17.4 Å². The lowest BCUT2D eigenvalue weighted by Crippen LogP contribution is -2.44. The van der Waals surface area contributed by atoms with Crippen molar-refractivity contribution in [1.29, 1.82) is 0 Å². The van der Waals surface area contributed by atoms with E-state index in [2.05, 4.69) is 4.90 Å². The van der Waals surface area contributed by atoms with Gasteiger partial charge in [0.2, 0.25) is 0 Å². The maximum Gasteiger partial charge on any atom is 0.266 e. The number of rotatable bonds is 8. The molecule has 1 aliphatic heterocycles. The number of aromatic nitrogens is 1. The molecule has 0 aliphatic carbocycles. The fourth-order valence-electron chi connectivity index (χ4n) is 3.46. The topological polar surface area (TPSA) is 64.1 Å². The third kappa shape index (κ3) is 5.52. The lowest BCUT2D eigenvalue weighted by Gasteiger charge is -2.29. The standard InChI is InChI=1S/C23H27N3O4S/c1-17-4-3-5-19(14-17)30-16-22(27)26(9-8-25-10-12-29-13-11-25)23-24-20-7-6-18(28-2)15-21(20)31-23/h3-7,14-15H,8-13,16H2,1-2H3. The highest BCUT2D eigenvalue weighted by Gasteiger charge is 2.22. The van der Waals surface area contributed by atoms with Gasteiger partial charge in [-0.1, -0.05) is 23.5 Å². The number of methoxy groups -OCH3 is 1. The van der Waals surface area contributed by atoms with Crippen LogP contribution in [0.5, 0.6) is 11.5 Å². The van der Waals surface area contributed by atoms with E-state index in [-0.39, 0.29) is 12.5 Å². The summed E-state index contributed by atoms with van der Waals surface area (Å²) in [6, 6.07) is 13.5. The third-order valence-electron chi connectivity index (χ3n) is 5.21. The van der Waals surface area contributed by atoms with Gasteiger partial charge in [0.15, 0.2) is 11.7 Å². The molecule has 31 heavy (non-hydrogen) atoms. The van der Waals surface area contributed by atoms with Gasteiger partial charge in [0.05, 0.1) is 30.5 Å². The van der Waals surface area contributed by atoms with Crippen LogP contribution < -0.4 is 14.4 Å². The van der Waals surface area contributed by atoms with E-state index < -0.39 is 0 Å². The number of ether oxygens (including phenoxy) is 3. The molecule has 164 valence electrons. The van der Waals surface area contributed by atoms with Crippen molar-refractivity contribution < 1.29 is 19.0 Å². The van der Waals surface area contributed by atoms with Crippen LogP contribution >= 0.6 is 11.3 Å². The molecule has 0 unspecified atom stereocenters. The first kappa shape index (κ1) is 21.5. The number of amides is 1. The molecule has 2 aromatic carbocycles. The smallest absolute Gasteiger partial charge is 0.266 e. The summed E-state index contributed by atoms with van der Waals surface area (Å²) in [5.41, 5.74) is 1.94. The van der Waals surface area contributed by atoms with Gasteiger partial charge < -0.3 is 14.2 Å². The van der Waals surface area contributed by atoms with Crippen molar-refractivity contribution in [3.05, 3.63) is 48.0 Å². The summed E-state index contributed by atoms with van der Waals surface area (Å²) in [4.78, 5) is 21.9. The van der Waals surface area contributed by atoms with Gasteiger partial charge in [-0.3, -0.25) is 14.6 Å². The van der Waals surface area contributed by atoms with Crippen LogP contribution in [0.25, 0.3) is 10.2 Å². The second-order valence-electron chi connectivity index (χ2n) is 7.43. The first-order valence-electron chi connectivity index (χ1n) is 10.4. The number of hydrogen-bond acceptors (Lipinski definition) is 7. The van der Waals surface area contributed by atoms with Crippen molar-refractivity contribution >= 4 is 32.6 Å². The van der Waals surface area contributed by atoms with Crippen LogP contribution in [0.1, 0.15) is 5.56 Å². The normalized spacial score (nSPS) is 14.5. The van der Waals surface area contributed by atoms with Crippen LogP contribution in [0.3, 0.4) is 0 Å². The predicted octanol–water partition coefficient (Wildman–Crippen LogP) is 3.36. The minimum absolute atomic E-state index is 0.0359. The molecule has 0 radical (unpaired) electrons. The maximum absolute atomic E-state index is 13.2. The fourth-order valence-corrected chi connectivity index (χ4v) is 4.49. The largest absolute Gasteiger partial charge is 0.497 e. The molecule has 1 saturated heterocycles. The average Bonchev–Trinajstić information content (AvgIpc) is 3.21. The molecule has 1 amide bonds. The number of carbonyl (C=O) groups excluding carboxylic acids is 1. The van der Waals surface area contributed by atoms with Crippen LogP contribution in [0, 0.1) is 6.92 Å². The monoisotopic (exact) mass is 441 g/mol. The Bertz CT molecular complexity index is 1030. The van der Waals surface area contributed by atoms with Crippen molar-refractivity contribution in [2.75, 3.05) is 58.0 Å². The maximum atomic E-state index is 13.2. The molecule has 1 aliphatic rings. The molecular formula is C23H27N3O4S. The lowest BCUT2D eigenvalue weighted by molar-refractivity contribution is -0.120. The van der Waals surface area contributed by atoms with Crippen LogP contribution in [-0.4, -0.2) is 68.9 Å². The van der Waals surface area contributed by atoms with E-state index >= 15 is 0 Å². The number of thiazole rings is 1. The number of anilines is 1. The Balaban J connectivity index is 1.52. The molecule has 3 aromatic rings. The summed E-state index contributed by atoms with van der Waals surface area (Å²) < 4.78 is 17.5. The molecular weight excluding hydrogens is 414 g/mol. The van der Waals surface area contributed by atoms with E-state index in [1.54, 1.807) is 12.0 Å². The van der Waals surface area contributed by atoms with E-state index in [0.717, 1.165) is 54.4 Å². The van der Waals surface area contributed by atoms with Crippen molar-refractivity contribution in [3.63, 3.8) is 0 Å². The molecule has 4 rings (SSSR count). The number of morpholine rings is 1. The summed E-state index contributed by atoms with van der Waals surface area (Å²) in [5, 5.41) is 0.675. The second kappa shape index (κ2) is 10.1. The number of nitrogens with zero attached hydrogens (tertiary/aromatic N) is 3. The van der Waals surface area contributed by atoms with Crippen molar-refractivity contribution in [1.82, 2.24) is 9.88 Å². The molecule has 0 saturated carbocycles. The average molecular weight is 442 g/mol. The molecule has 0 N–H and O–H groups in total. The Morgan fingerprint density at radius 3 is 2.81 bits per heavy atom. The van der Waals surface area contributed by atoms with Crippen molar-refractivity contribution in [2.24, 2.45) is 0 Å². The van der Waals surface area contributed by atoms with Gasteiger partial charge in [0.25, 0.3) is 5.91 Å². The minimum Gasteiger partial charge on any atom is -0.497 e. The van der Waals surface area contributed by atoms with Gasteiger partial charge in [-0.25, -0.2) is 4.98 Å². The molecule has 0 atom stereocenters. The molecule has 1 fully saturated rings. The molecule has 7 nitrogen and oxygen atoms in total. The highest BCUT2D eigenvalue weighted by Crippen LogP contribution is 2.31. The summed E-state index contributed by atoms with van der Waals surface area (Å²) >= 11 is 1.49. The zero-order valence-corrected chi connectivity index (χ0v) is 18.7. The highest BCUT2D eigenvalue weighted by molar-refractivity contribution is 7.22. The third-order valence-corrected chi connectivity index (χ3v) is 6.25. The van der Waals surface area contributed by atoms with Gasteiger partial charge in [-0.15, -0.1) is 0 Å². The van der Waals surface area contributed by atoms with Crippen LogP contribution in [0.4, 0.5) is 5.13 Å². The predicted molar refractivity (Wildman–Crippen MR) is 122 cm³/mol. The van der Waals surface area contributed by atoms with Crippen LogP contribution in [-0.2, 0) is 9.53 Å². The molecule has 0 bridgehead atoms. The Kier molecular flexibility index (Phi) is 7.01. The number of carbonyl (C=O) groups is 1. The van der Waals surface area contributed by atoms with Crippen LogP contribution in [0.15, 0.2) is 42.5 Å². The van der Waals surface area contributed by atoms with E-state index in [1.807, 2.05) is 49.4 Å². The minimum atomic E-state index is -0.110. The number of aryl methyl sites for hydroxylation is 1. The lowest BCUT2D eigenvalue weighted by atomic mass is 10.2. The summed E-state index contributed by atoms with van der Waals surface area (Å²) in [6.07, 6.45) is 0. The van der Waals surface area contributed by atoms with Gasteiger partial charge in [0.1, 0.15) is 11.5 Å². The van der Waals surface area contributed by atoms with E-state index in [1.165, 1.54) is 11.3 Å². The Morgan fingerprint density at radius 1 is 1.19 bits per heavy atom. The molecule has 2 heterocycles. The number of hydrogen-bond donors (Lipinski definition) is 0. The van der Waals surface area contributed by atoms with Gasteiger partial charge in [-0.05, 0) is 42.8 Å². The van der Waals surface area contributed by atoms with E-state index in [4.69, 9.17) is 19.2 Å². The van der Waals surface area contributed by atoms with Gasteiger partial charge in [0, 0.05) is 26.2 Å². The van der Waals surface area contributed by atoms with Crippen molar-refractivity contribution in [3.8, 4) is 11.5 Å². The molecule has 8 heteroatoms. The molecule has 1 aromatic heterocycles.